The molecule has 0 saturated heterocycles. The maximum absolute atomic E-state index is 12.1. The number of anilines is 2. The molecule has 3 N–H and O–H groups in total. The standard InChI is InChI=1S/C13H21N3O2S2/c1-3-5-6-7-8-16-13-12(20(17,18)4-2)11(15)10(9-14)19-13/h16H,3-8,15H2,1-2H3. The lowest BCUT2D eigenvalue weighted by Gasteiger charge is -2.07. The molecule has 0 spiro atoms. The Bertz CT molecular complexity index is 585. The molecular formula is C13H21N3O2S2. The normalized spacial score (nSPS) is 11.2. The molecule has 0 aliphatic carbocycles. The topological polar surface area (TPSA) is 96.0 Å². The molecule has 112 valence electrons. The molecule has 1 aromatic rings. The van der Waals surface area contributed by atoms with Crippen LogP contribution in [0.1, 0.15) is 44.4 Å². The van der Waals surface area contributed by atoms with Gasteiger partial charge < -0.3 is 11.1 Å². The monoisotopic (exact) mass is 315 g/mol. The smallest absolute Gasteiger partial charge is 0.183 e. The molecule has 0 atom stereocenters. The second kappa shape index (κ2) is 7.50. The number of hydrogen-bond donors (Lipinski definition) is 2. The van der Waals surface area contributed by atoms with Gasteiger partial charge in [0.2, 0.25) is 0 Å². The molecule has 5 nitrogen and oxygen atoms in total. The summed E-state index contributed by atoms with van der Waals surface area (Å²) in [6.07, 6.45) is 4.39. The molecule has 7 heteroatoms. The van der Waals surface area contributed by atoms with Crippen LogP contribution in [0.4, 0.5) is 10.7 Å². The van der Waals surface area contributed by atoms with E-state index in [0.29, 0.717) is 11.5 Å². The van der Waals surface area contributed by atoms with E-state index in [0.717, 1.165) is 37.0 Å². The second-order valence-corrected chi connectivity index (χ2v) is 7.74. The summed E-state index contributed by atoms with van der Waals surface area (Å²) in [6, 6.07) is 1.95. The Kier molecular flexibility index (Phi) is 6.30. The van der Waals surface area contributed by atoms with Crippen molar-refractivity contribution in [1.29, 1.82) is 5.26 Å². The number of thiophene rings is 1. The molecule has 1 aromatic heterocycles. The number of nitrogens with one attached hydrogen (secondary N) is 1. The first-order valence-corrected chi connectivity index (χ1v) is 9.23. The highest BCUT2D eigenvalue weighted by atomic mass is 32.2. The third-order valence-corrected chi connectivity index (χ3v) is 6.01. The highest BCUT2D eigenvalue weighted by Crippen LogP contribution is 2.39. The summed E-state index contributed by atoms with van der Waals surface area (Å²) in [5.74, 6) is -0.0245. The van der Waals surface area contributed by atoms with E-state index in [2.05, 4.69) is 12.2 Å². The van der Waals surface area contributed by atoms with Gasteiger partial charge in [-0.2, -0.15) is 5.26 Å². The number of rotatable bonds is 8. The van der Waals surface area contributed by atoms with Crippen LogP contribution in [0.15, 0.2) is 4.90 Å². The molecular weight excluding hydrogens is 294 g/mol. The number of sulfone groups is 1. The largest absolute Gasteiger partial charge is 0.396 e. The van der Waals surface area contributed by atoms with Gasteiger partial charge in [0.05, 0.1) is 11.4 Å². The average molecular weight is 315 g/mol. The van der Waals surface area contributed by atoms with Crippen LogP contribution >= 0.6 is 11.3 Å². The summed E-state index contributed by atoms with van der Waals surface area (Å²) >= 11 is 1.12. The van der Waals surface area contributed by atoms with Crippen LogP contribution in [-0.2, 0) is 9.84 Å². The summed E-state index contributed by atoms with van der Waals surface area (Å²) in [5, 5.41) is 12.6. The van der Waals surface area contributed by atoms with Gasteiger partial charge in [0.1, 0.15) is 20.8 Å². The molecule has 0 bridgehead atoms. The van der Waals surface area contributed by atoms with Crippen molar-refractivity contribution in [3.05, 3.63) is 4.88 Å². The summed E-state index contributed by atoms with van der Waals surface area (Å²) in [5.41, 5.74) is 5.88. The van der Waals surface area contributed by atoms with Gasteiger partial charge in [0, 0.05) is 6.54 Å². The minimum absolute atomic E-state index is 0.0245. The first-order chi connectivity index (χ1) is 9.47. The van der Waals surface area contributed by atoms with Gasteiger partial charge in [0.15, 0.2) is 9.84 Å². The highest BCUT2D eigenvalue weighted by molar-refractivity contribution is 7.91. The summed E-state index contributed by atoms with van der Waals surface area (Å²) in [7, 11) is -3.42. The molecule has 1 heterocycles. The predicted octanol–water partition coefficient (Wildman–Crippen LogP) is 2.99. The van der Waals surface area contributed by atoms with Crippen LogP contribution in [0.25, 0.3) is 0 Å². The van der Waals surface area contributed by atoms with E-state index in [4.69, 9.17) is 11.0 Å². The number of unbranched alkanes of at least 4 members (excludes halogenated alkanes) is 3. The highest BCUT2D eigenvalue weighted by Gasteiger charge is 2.25. The van der Waals surface area contributed by atoms with Crippen molar-refractivity contribution in [2.24, 2.45) is 0 Å². The molecule has 0 fully saturated rings. The van der Waals surface area contributed by atoms with Crippen LogP contribution in [0, 0.1) is 11.3 Å². The number of nitrogens with zero attached hydrogens (tertiary/aromatic N) is 1. The lowest BCUT2D eigenvalue weighted by atomic mass is 10.2. The lowest BCUT2D eigenvalue weighted by molar-refractivity contribution is 0.598. The van der Waals surface area contributed by atoms with Gasteiger partial charge in [-0.15, -0.1) is 11.3 Å². The van der Waals surface area contributed by atoms with E-state index < -0.39 is 9.84 Å². The van der Waals surface area contributed by atoms with Crippen LogP contribution in [-0.4, -0.2) is 20.7 Å². The van der Waals surface area contributed by atoms with E-state index >= 15 is 0 Å². The van der Waals surface area contributed by atoms with E-state index in [1.54, 1.807) is 6.92 Å². The maximum Gasteiger partial charge on any atom is 0.183 e. The van der Waals surface area contributed by atoms with Crippen molar-refractivity contribution in [3.63, 3.8) is 0 Å². The minimum Gasteiger partial charge on any atom is -0.396 e. The molecule has 0 unspecified atom stereocenters. The van der Waals surface area contributed by atoms with Gasteiger partial charge in [-0.05, 0) is 6.42 Å². The van der Waals surface area contributed by atoms with Gasteiger partial charge in [-0.25, -0.2) is 8.42 Å². The Morgan fingerprint density at radius 3 is 2.55 bits per heavy atom. The van der Waals surface area contributed by atoms with Crippen molar-refractivity contribution in [1.82, 2.24) is 0 Å². The van der Waals surface area contributed by atoms with E-state index in [1.165, 1.54) is 0 Å². The van der Waals surface area contributed by atoms with Crippen LogP contribution in [0.2, 0.25) is 0 Å². The third-order valence-electron chi connectivity index (χ3n) is 3.01. The maximum atomic E-state index is 12.1. The zero-order valence-electron chi connectivity index (χ0n) is 11.9. The third kappa shape index (κ3) is 3.87. The zero-order valence-corrected chi connectivity index (χ0v) is 13.5. The number of nitrogens with two attached hydrogens (primary N) is 1. The van der Waals surface area contributed by atoms with Crippen molar-refractivity contribution < 1.29 is 8.42 Å². The Morgan fingerprint density at radius 2 is 2.00 bits per heavy atom. The fourth-order valence-corrected chi connectivity index (χ4v) is 4.32. The summed E-state index contributed by atoms with van der Waals surface area (Å²) in [6.45, 7) is 4.40. The van der Waals surface area contributed by atoms with Gasteiger partial charge in [0.25, 0.3) is 0 Å². The summed E-state index contributed by atoms with van der Waals surface area (Å²) in [4.78, 5) is 0.352. The van der Waals surface area contributed by atoms with Crippen LogP contribution in [0.5, 0.6) is 0 Å². The molecule has 0 radical (unpaired) electrons. The molecule has 0 aromatic carbocycles. The molecule has 0 aliphatic heterocycles. The summed E-state index contributed by atoms with van der Waals surface area (Å²) < 4.78 is 24.2. The molecule has 1 rings (SSSR count). The van der Waals surface area contributed by atoms with Gasteiger partial charge >= 0.3 is 0 Å². The van der Waals surface area contributed by atoms with Gasteiger partial charge in [-0.1, -0.05) is 33.1 Å². The Hall–Kier alpha value is -1.26. The first kappa shape index (κ1) is 16.8. The molecule has 0 amide bonds. The molecule has 0 aliphatic rings. The van der Waals surface area contributed by atoms with Crippen LogP contribution in [0.3, 0.4) is 0 Å². The number of nitriles is 1. The fraction of sp³-hybridized carbons (Fsp3) is 0.615. The Balaban J connectivity index is 2.93. The second-order valence-electron chi connectivity index (χ2n) is 4.51. The number of hydrogen-bond acceptors (Lipinski definition) is 6. The van der Waals surface area contributed by atoms with Gasteiger partial charge in [-0.3, -0.25) is 0 Å². The molecule has 20 heavy (non-hydrogen) atoms. The van der Waals surface area contributed by atoms with Crippen molar-refractivity contribution in [2.75, 3.05) is 23.3 Å². The quantitative estimate of drug-likeness (QED) is 0.719. The zero-order chi connectivity index (χ0) is 15.2. The van der Waals surface area contributed by atoms with E-state index in [9.17, 15) is 8.42 Å². The van der Waals surface area contributed by atoms with E-state index in [-0.39, 0.29) is 21.2 Å². The Labute approximate surface area is 124 Å². The SMILES string of the molecule is CCCCCCNc1sc(C#N)c(N)c1S(=O)(=O)CC. The van der Waals surface area contributed by atoms with Crippen molar-refractivity contribution >= 4 is 31.9 Å². The fourth-order valence-electron chi connectivity index (χ4n) is 1.84. The molecule has 0 saturated carbocycles. The van der Waals surface area contributed by atoms with Crippen molar-refractivity contribution in [2.45, 2.75) is 44.4 Å². The predicted molar refractivity (Wildman–Crippen MR) is 83.8 cm³/mol. The number of nitrogen functional groups attached to an aromatic ring is 1. The Morgan fingerprint density at radius 1 is 1.30 bits per heavy atom. The van der Waals surface area contributed by atoms with E-state index in [1.807, 2.05) is 6.07 Å². The van der Waals surface area contributed by atoms with Crippen LogP contribution < -0.4 is 11.1 Å². The first-order valence-electron chi connectivity index (χ1n) is 6.76. The average Bonchev–Trinajstić information content (AvgIpc) is 2.75. The lowest BCUT2D eigenvalue weighted by Crippen LogP contribution is -2.10. The van der Waals surface area contributed by atoms with Crippen molar-refractivity contribution in [3.8, 4) is 6.07 Å². The minimum atomic E-state index is -3.42.